The van der Waals surface area contributed by atoms with Crippen LogP contribution in [0.15, 0.2) is 36.5 Å². The molecule has 0 aliphatic heterocycles. The minimum Gasteiger partial charge on any atom is -0.456 e. The van der Waals surface area contributed by atoms with Crippen molar-refractivity contribution >= 4 is 17.3 Å². The molecule has 0 fully saturated rings. The van der Waals surface area contributed by atoms with Gasteiger partial charge in [-0.3, -0.25) is 15.1 Å². The van der Waals surface area contributed by atoms with Gasteiger partial charge >= 0.3 is 0 Å². The van der Waals surface area contributed by atoms with Gasteiger partial charge in [0.25, 0.3) is 5.69 Å². The second-order valence-corrected chi connectivity index (χ2v) is 4.59. The third-order valence-corrected chi connectivity index (χ3v) is 2.88. The second-order valence-electron chi connectivity index (χ2n) is 4.18. The fourth-order valence-corrected chi connectivity index (χ4v) is 1.80. The van der Waals surface area contributed by atoms with E-state index < -0.39 is 4.92 Å². The van der Waals surface area contributed by atoms with E-state index >= 15 is 0 Å². The lowest BCUT2D eigenvalue weighted by atomic mass is 10.2. The van der Waals surface area contributed by atoms with Crippen molar-refractivity contribution in [3.8, 4) is 11.5 Å². The Morgan fingerprint density at radius 3 is 2.55 bits per heavy atom. The Kier molecular flexibility index (Phi) is 4.16. The van der Waals surface area contributed by atoms with Crippen LogP contribution in [0.3, 0.4) is 0 Å². The summed E-state index contributed by atoms with van der Waals surface area (Å²) in [5, 5.41) is 10.7. The Labute approximate surface area is 120 Å². The van der Waals surface area contributed by atoms with E-state index in [-0.39, 0.29) is 16.8 Å². The SMILES string of the molecule is CC(N)c1ccc(Oc2ccc([N+](=O)[O-])c(Cl)c2)cn1. The van der Waals surface area contributed by atoms with Crippen molar-refractivity contribution in [1.29, 1.82) is 0 Å². The molecule has 1 atom stereocenters. The van der Waals surface area contributed by atoms with Crippen LogP contribution < -0.4 is 10.5 Å². The van der Waals surface area contributed by atoms with Crippen LogP contribution in [-0.2, 0) is 0 Å². The van der Waals surface area contributed by atoms with Crippen molar-refractivity contribution < 1.29 is 9.66 Å². The highest BCUT2D eigenvalue weighted by Crippen LogP contribution is 2.30. The van der Waals surface area contributed by atoms with Crippen LogP contribution in [0.2, 0.25) is 5.02 Å². The third-order valence-electron chi connectivity index (χ3n) is 2.58. The van der Waals surface area contributed by atoms with Crippen molar-refractivity contribution in [2.45, 2.75) is 13.0 Å². The van der Waals surface area contributed by atoms with Crippen LogP contribution in [0.5, 0.6) is 11.5 Å². The Morgan fingerprint density at radius 1 is 1.35 bits per heavy atom. The summed E-state index contributed by atoms with van der Waals surface area (Å²) < 4.78 is 5.52. The van der Waals surface area contributed by atoms with E-state index in [1.54, 1.807) is 12.1 Å². The quantitative estimate of drug-likeness (QED) is 0.688. The number of aromatic nitrogens is 1. The van der Waals surface area contributed by atoms with Gasteiger partial charge < -0.3 is 10.5 Å². The van der Waals surface area contributed by atoms with E-state index in [2.05, 4.69) is 4.98 Å². The van der Waals surface area contributed by atoms with Crippen molar-refractivity contribution in [3.05, 3.63) is 57.4 Å². The van der Waals surface area contributed by atoms with Gasteiger partial charge in [-0.2, -0.15) is 0 Å². The van der Waals surface area contributed by atoms with Crippen LogP contribution in [-0.4, -0.2) is 9.91 Å². The molecule has 0 saturated heterocycles. The summed E-state index contributed by atoms with van der Waals surface area (Å²) in [6, 6.07) is 7.48. The lowest BCUT2D eigenvalue weighted by Crippen LogP contribution is -2.06. The number of hydrogen-bond donors (Lipinski definition) is 1. The van der Waals surface area contributed by atoms with Crippen LogP contribution in [0, 0.1) is 10.1 Å². The molecule has 1 unspecified atom stereocenters. The van der Waals surface area contributed by atoms with E-state index in [4.69, 9.17) is 22.1 Å². The summed E-state index contributed by atoms with van der Waals surface area (Å²) in [7, 11) is 0. The summed E-state index contributed by atoms with van der Waals surface area (Å²) in [4.78, 5) is 14.3. The average Bonchev–Trinajstić information content (AvgIpc) is 2.39. The van der Waals surface area contributed by atoms with E-state index in [1.807, 2.05) is 6.92 Å². The fraction of sp³-hybridized carbons (Fsp3) is 0.154. The van der Waals surface area contributed by atoms with Gasteiger partial charge in [0.15, 0.2) is 0 Å². The largest absolute Gasteiger partial charge is 0.456 e. The monoisotopic (exact) mass is 293 g/mol. The highest BCUT2D eigenvalue weighted by molar-refractivity contribution is 6.32. The number of rotatable bonds is 4. The maximum atomic E-state index is 10.7. The first kappa shape index (κ1) is 14.2. The number of nitrogens with two attached hydrogens (primary N) is 1. The molecule has 2 N–H and O–H groups in total. The van der Waals surface area contributed by atoms with Gasteiger partial charge in [0.05, 0.1) is 16.8 Å². The number of benzene rings is 1. The predicted molar refractivity (Wildman–Crippen MR) is 75.0 cm³/mol. The normalized spacial score (nSPS) is 11.9. The molecule has 2 aromatic rings. The maximum Gasteiger partial charge on any atom is 0.288 e. The number of nitrogens with zero attached hydrogens (tertiary/aromatic N) is 2. The van der Waals surface area contributed by atoms with Gasteiger partial charge in [-0.1, -0.05) is 11.6 Å². The number of nitro groups is 1. The van der Waals surface area contributed by atoms with Crippen LogP contribution in [0.4, 0.5) is 5.69 Å². The standard InChI is InChI=1S/C13H12ClN3O3/c1-8(15)12-4-2-10(7-16-12)20-9-3-5-13(17(18)19)11(14)6-9/h2-8H,15H2,1H3. The maximum absolute atomic E-state index is 10.7. The number of pyridine rings is 1. The summed E-state index contributed by atoms with van der Waals surface area (Å²) in [5.74, 6) is 0.898. The molecule has 0 saturated carbocycles. The minimum absolute atomic E-state index is 0.0210. The molecule has 0 aliphatic rings. The zero-order valence-corrected chi connectivity index (χ0v) is 11.4. The second kappa shape index (κ2) is 5.85. The number of hydrogen-bond acceptors (Lipinski definition) is 5. The molecule has 20 heavy (non-hydrogen) atoms. The lowest BCUT2D eigenvalue weighted by Gasteiger charge is -2.08. The summed E-state index contributed by atoms with van der Waals surface area (Å²) in [6.45, 7) is 1.83. The van der Waals surface area contributed by atoms with E-state index in [0.29, 0.717) is 11.5 Å². The predicted octanol–water partition coefficient (Wildman–Crippen LogP) is 3.46. The van der Waals surface area contributed by atoms with Crippen molar-refractivity contribution in [3.63, 3.8) is 0 Å². The van der Waals surface area contributed by atoms with Crippen molar-refractivity contribution in [2.24, 2.45) is 5.73 Å². The van der Waals surface area contributed by atoms with Gasteiger partial charge in [0.1, 0.15) is 16.5 Å². The van der Waals surface area contributed by atoms with E-state index in [0.717, 1.165) is 5.69 Å². The zero-order chi connectivity index (χ0) is 14.7. The van der Waals surface area contributed by atoms with Gasteiger partial charge in [0, 0.05) is 18.2 Å². The minimum atomic E-state index is -0.550. The molecule has 1 aromatic heterocycles. The molecular formula is C13H12ClN3O3. The molecular weight excluding hydrogens is 282 g/mol. The molecule has 0 aliphatic carbocycles. The topological polar surface area (TPSA) is 91.3 Å². The fourth-order valence-electron chi connectivity index (χ4n) is 1.56. The zero-order valence-electron chi connectivity index (χ0n) is 10.6. The Balaban J connectivity index is 2.17. The Bertz CT molecular complexity index is 629. The molecule has 2 rings (SSSR count). The molecule has 0 radical (unpaired) electrons. The molecule has 1 heterocycles. The lowest BCUT2D eigenvalue weighted by molar-refractivity contribution is -0.384. The Morgan fingerprint density at radius 2 is 2.05 bits per heavy atom. The van der Waals surface area contributed by atoms with Crippen molar-refractivity contribution in [1.82, 2.24) is 4.98 Å². The third kappa shape index (κ3) is 3.23. The molecule has 0 bridgehead atoms. The van der Waals surface area contributed by atoms with Crippen LogP contribution >= 0.6 is 11.6 Å². The first-order valence-electron chi connectivity index (χ1n) is 5.80. The van der Waals surface area contributed by atoms with E-state index in [9.17, 15) is 10.1 Å². The van der Waals surface area contributed by atoms with E-state index in [1.165, 1.54) is 24.4 Å². The molecule has 1 aromatic carbocycles. The molecule has 0 amide bonds. The summed E-state index contributed by atoms with van der Waals surface area (Å²) in [5.41, 5.74) is 6.28. The highest BCUT2D eigenvalue weighted by atomic mass is 35.5. The highest BCUT2D eigenvalue weighted by Gasteiger charge is 2.13. The van der Waals surface area contributed by atoms with Crippen molar-refractivity contribution in [2.75, 3.05) is 0 Å². The molecule has 6 nitrogen and oxygen atoms in total. The first-order chi connectivity index (χ1) is 9.47. The van der Waals surface area contributed by atoms with Gasteiger partial charge in [0.2, 0.25) is 0 Å². The number of ether oxygens (including phenoxy) is 1. The van der Waals surface area contributed by atoms with Gasteiger partial charge in [-0.15, -0.1) is 0 Å². The number of halogens is 1. The van der Waals surface area contributed by atoms with Gasteiger partial charge in [-0.05, 0) is 25.1 Å². The van der Waals surface area contributed by atoms with Crippen LogP contribution in [0.1, 0.15) is 18.7 Å². The average molecular weight is 294 g/mol. The number of nitro benzene ring substituents is 1. The molecule has 104 valence electrons. The summed E-state index contributed by atoms with van der Waals surface area (Å²) >= 11 is 5.80. The van der Waals surface area contributed by atoms with Crippen LogP contribution in [0.25, 0.3) is 0 Å². The molecule has 0 spiro atoms. The summed E-state index contributed by atoms with van der Waals surface area (Å²) in [6.07, 6.45) is 1.54. The Hall–Kier alpha value is -2.18. The molecule has 7 heteroatoms. The smallest absolute Gasteiger partial charge is 0.288 e. The first-order valence-corrected chi connectivity index (χ1v) is 6.18. The van der Waals surface area contributed by atoms with Gasteiger partial charge in [-0.25, -0.2) is 0 Å².